The molecule has 0 radical (unpaired) electrons. The number of rotatable bonds is 7. The van der Waals surface area contributed by atoms with Gasteiger partial charge in [-0.2, -0.15) is 8.78 Å². The maximum absolute atomic E-state index is 14.7. The monoisotopic (exact) mass is 504 g/mol. The number of nitrogens with zero attached hydrogens (tertiary/aromatic N) is 5. The van der Waals surface area contributed by atoms with Crippen molar-refractivity contribution in [1.82, 2.24) is 29.6 Å². The summed E-state index contributed by atoms with van der Waals surface area (Å²) >= 11 is 6.49. The topological polar surface area (TPSA) is 96.4 Å². The van der Waals surface area contributed by atoms with Gasteiger partial charge in [-0.1, -0.05) is 11.6 Å². The average molecular weight is 505 g/mol. The van der Waals surface area contributed by atoms with E-state index < -0.39 is 17.9 Å². The third kappa shape index (κ3) is 4.07. The molecule has 3 aromatic rings. The Balaban J connectivity index is 1.59. The van der Waals surface area contributed by atoms with E-state index in [9.17, 15) is 13.2 Å². The molecule has 3 N–H and O–H groups in total. The van der Waals surface area contributed by atoms with Crippen LogP contribution in [0.5, 0.6) is 0 Å². The zero-order valence-corrected chi connectivity index (χ0v) is 19.9. The minimum Gasteiger partial charge on any atom is -0.375 e. The van der Waals surface area contributed by atoms with Crippen LogP contribution in [0.2, 0.25) is 5.02 Å². The van der Waals surface area contributed by atoms with Crippen molar-refractivity contribution >= 4 is 23.6 Å². The standard InChI is InChI=1S/C23H24ClF3N8/c1-13(25)23(26,27)21-33-32-20-17-7-14(10-34(17)11-22(4-5-22)12-35(20)21)15-8-19(30-9-16(15)24)31-18(29-2)3-6-28/h3,6-10,13,28-29H,4-5,11-12H2,1-2H3,(H,30,31)/b18-3+,28-6?. The molecule has 8 nitrogen and oxygen atoms in total. The van der Waals surface area contributed by atoms with E-state index in [1.54, 1.807) is 19.2 Å². The molecule has 1 atom stereocenters. The van der Waals surface area contributed by atoms with Crippen molar-refractivity contribution in [2.24, 2.45) is 5.41 Å². The molecule has 2 aliphatic rings. The molecule has 0 aromatic carbocycles. The maximum atomic E-state index is 14.7. The van der Waals surface area contributed by atoms with Gasteiger partial charge in [-0.15, -0.1) is 10.2 Å². The molecule has 1 unspecified atom stereocenters. The van der Waals surface area contributed by atoms with Gasteiger partial charge in [-0.25, -0.2) is 9.37 Å². The van der Waals surface area contributed by atoms with Crippen molar-refractivity contribution in [3.8, 4) is 22.6 Å². The van der Waals surface area contributed by atoms with Crippen LogP contribution in [0.25, 0.3) is 22.6 Å². The number of anilines is 1. The molecule has 5 rings (SSSR count). The third-order valence-electron chi connectivity index (χ3n) is 6.58. The molecule has 3 aromatic heterocycles. The Bertz CT molecular complexity index is 1320. The van der Waals surface area contributed by atoms with E-state index in [4.69, 9.17) is 17.0 Å². The highest BCUT2D eigenvalue weighted by Crippen LogP contribution is 2.52. The summed E-state index contributed by atoms with van der Waals surface area (Å²) in [5.74, 6) is -3.02. The van der Waals surface area contributed by atoms with Gasteiger partial charge in [0.05, 0.1) is 10.7 Å². The molecule has 0 saturated heterocycles. The number of aromatic nitrogens is 5. The lowest BCUT2D eigenvalue weighted by Crippen LogP contribution is -2.30. The predicted molar refractivity (Wildman–Crippen MR) is 127 cm³/mol. The van der Waals surface area contributed by atoms with Crippen molar-refractivity contribution < 1.29 is 13.2 Å². The van der Waals surface area contributed by atoms with Crippen LogP contribution >= 0.6 is 11.6 Å². The predicted octanol–water partition coefficient (Wildman–Crippen LogP) is 4.83. The molecular formula is C23H24ClF3N8. The van der Waals surface area contributed by atoms with Crippen LogP contribution < -0.4 is 10.6 Å². The molecule has 4 heterocycles. The molecule has 12 heteroatoms. The van der Waals surface area contributed by atoms with E-state index in [-0.39, 0.29) is 11.2 Å². The van der Waals surface area contributed by atoms with Crippen LogP contribution in [-0.4, -0.2) is 43.7 Å². The zero-order chi connectivity index (χ0) is 25.0. The number of hydrogen-bond acceptors (Lipinski definition) is 6. The van der Waals surface area contributed by atoms with Crippen molar-refractivity contribution in [3.63, 3.8) is 0 Å². The van der Waals surface area contributed by atoms with Crippen LogP contribution in [0.15, 0.2) is 36.4 Å². The van der Waals surface area contributed by atoms with Crippen LogP contribution in [-0.2, 0) is 19.0 Å². The Labute approximate surface area is 204 Å². The third-order valence-corrected chi connectivity index (χ3v) is 6.88. The molecule has 184 valence electrons. The Morgan fingerprint density at radius 2 is 2.06 bits per heavy atom. The van der Waals surface area contributed by atoms with Crippen LogP contribution in [0, 0.1) is 10.8 Å². The second-order valence-corrected chi connectivity index (χ2v) is 9.49. The lowest BCUT2D eigenvalue weighted by atomic mass is 10.1. The second kappa shape index (κ2) is 8.40. The normalized spacial score (nSPS) is 17.4. The molecular weight excluding hydrogens is 481 g/mol. The first-order chi connectivity index (χ1) is 16.7. The number of halogens is 4. The molecule has 35 heavy (non-hydrogen) atoms. The highest BCUT2D eigenvalue weighted by Gasteiger charge is 2.50. The number of alkyl halides is 3. The quantitative estimate of drug-likeness (QED) is 0.401. The Morgan fingerprint density at radius 1 is 1.29 bits per heavy atom. The van der Waals surface area contributed by atoms with E-state index in [2.05, 4.69) is 25.8 Å². The number of pyridine rings is 1. The van der Waals surface area contributed by atoms with Gasteiger partial charge in [-0.05, 0) is 38.0 Å². The lowest BCUT2D eigenvalue weighted by molar-refractivity contribution is -0.0819. The van der Waals surface area contributed by atoms with Gasteiger partial charge in [0.1, 0.15) is 11.6 Å². The summed E-state index contributed by atoms with van der Waals surface area (Å²) in [5.41, 5.74) is 1.87. The lowest BCUT2D eigenvalue weighted by Gasteiger charge is -2.20. The fourth-order valence-electron chi connectivity index (χ4n) is 4.42. The van der Waals surface area contributed by atoms with E-state index in [1.165, 1.54) is 10.8 Å². The van der Waals surface area contributed by atoms with Crippen LogP contribution in [0.1, 0.15) is 25.6 Å². The highest BCUT2D eigenvalue weighted by molar-refractivity contribution is 6.33. The first-order valence-corrected chi connectivity index (χ1v) is 11.5. The molecule has 1 aliphatic carbocycles. The zero-order valence-electron chi connectivity index (χ0n) is 19.1. The smallest absolute Gasteiger partial charge is 0.336 e. The van der Waals surface area contributed by atoms with Gasteiger partial charge >= 0.3 is 5.92 Å². The second-order valence-electron chi connectivity index (χ2n) is 9.09. The van der Waals surface area contributed by atoms with E-state index in [0.717, 1.165) is 31.5 Å². The molecule has 0 amide bonds. The van der Waals surface area contributed by atoms with Crippen molar-refractivity contribution in [3.05, 3.63) is 47.3 Å². The fourth-order valence-corrected chi connectivity index (χ4v) is 4.63. The highest BCUT2D eigenvalue weighted by atomic mass is 35.5. The summed E-state index contributed by atoms with van der Waals surface area (Å²) in [6.45, 7) is 1.78. The summed E-state index contributed by atoms with van der Waals surface area (Å²) in [4.78, 5) is 4.30. The van der Waals surface area contributed by atoms with Crippen molar-refractivity contribution in [2.75, 3.05) is 12.4 Å². The minimum atomic E-state index is -3.74. The number of nitrogens with one attached hydrogen (secondary N) is 3. The maximum Gasteiger partial charge on any atom is 0.336 e. The van der Waals surface area contributed by atoms with Gasteiger partial charge in [0.2, 0.25) is 5.82 Å². The number of fused-ring (bicyclic) bond motifs is 3. The Hall–Kier alpha value is -3.34. The molecule has 0 bridgehead atoms. The SMILES string of the molecule is CN/C(=C\C=N)Nc1cc(-c2cc3n(c2)CC2(CC2)Cn2c-3nnc2C(F)(F)C(C)F)c(Cl)cn1. The minimum absolute atomic E-state index is 0.197. The number of allylic oxidation sites excluding steroid dienone is 1. The summed E-state index contributed by atoms with van der Waals surface area (Å²) in [7, 11) is 1.72. The number of hydrogen-bond donors (Lipinski definition) is 3. The average Bonchev–Trinajstić information content (AvgIpc) is 3.28. The van der Waals surface area contributed by atoms with Gasteiger partial charge in [-0.3, -0.25) is 0 Å². The summed E-state index contributed by atoms with van der Waals surface area (Å²) in [6.07, 6.45) is 5.50. The first-order valence-electron chi connectivity index (χ1n) is 11.1. The molecule has 1 aliphatic heterocycles. The first kappa shape index (κ1) is 23.4. The van der Waals surface area contributed by atoms with Gasteiger partial charge in [0.25, 0.3) is 0 Å². The summed E-state index contributed by atoms with van der Waals surface area (Å²) < 4.78 is 46.5. The van der Waals surface area contributed by atoms with Crippen LogP contribution in [0.3, 0.4) is 0 Å². The summed E-state index contributed by atoms with van der Waals surface area (Å²) in [5, 5.41) is 21.5. The van der Waals surface area contributed by atoms with E-state index in [0.29, 0.717) is 41.0 Å². The van der Waals surface area contributed by atoms with Crippen molar-refractivity contribution in [2.45, 2.75) is 44.9 Å². The molecule has 1 fully saturated rings. The Kier molecular flexibility index (Phi) is 5.62. The molecule has 1 saturated carbocycles. The van der Waals surface area contributed by atoms with Gasteiger partial charge in [0.15, 0.2) is 12.0 Å². The van der Waals surface area contributed by atoms with Gasteiger partial charge < -0.3 is 25.2 Å². The van der Waals surface area contributed by atoms with E-state index >= 15 is 0 Å². The van der Waals surface area contributed by atoms with E-state index in [1.807, 2.05) is 16.8 Å². The largest absolute Gasteiger partial charge is 0.375 e. The molecule has 1 spiro atoms. The Morgan fingerprint density at radius 3 is 2.71 bits per heavy atom. The van der Waals surface area contributed by atoms with Crippen molar-refractivity contribution in [1.29, 1.82) is 5.41 Å². The van der Waals surface area contributed by atoms with Crippen LogP contribution in [0.4, 0.5) is 19.0 Å². The van der Waals surface area contributed by atoms with Gasteiger partial charge in [0, 0.05) is 55.3 Å². The fraction of sp³-hybridized carbons (Fsp3) is 0.391. The summed E-state index contributed by atoms with van der Waals surface area (Å²) in [6, 6.07) is 3.61.